The van der Waals surface area contributed by atoms with Crippen molar-refractivity contribution in [3.63, 3.8) is 0 Å². The summed E-state index contributed by atoms with van der Waals surface area (Å²) in [5.74, 6) is 0.874. The normalized spacial score (nSPS) is 10.1. The van der Waals surface area contributed by atoms with Crippen molar-refractivity contribution in [3.8, 4) is 5.75 Å². The Labute approximate surface area is 119 Å². The number of benzene rings is 2. The molecule has 2 rings (SSSR count). The molecular weight excluding hydrogens is 248 g/mol. The molecule has 0 saturated heterocycles. The highest BCUT2D eigenvalue weighted by atomic mass is 16.5. The van der Waals surface area contributed by atoms with Gasteiger partial charge in [-0.3, -0.25) is 4.79 Å². The van der Waals surface area contributed by atoms with Crippen molar-refractivity contribution < 1.29 is 9.53 Å². The lowest BCUT2D eigenvalue weighted by Gasteiger charge is -2.04. The Balaban J connectivity index is 2.04. The maximum Gasteiger partial charge on any atom is 0.167 e. The first-order chi connectivity index (χ1) is 9.72. The molecule has 0 aliphatic heterocycles. The van der Waals surface area contributed by atoms with Gasteiger partial charge in [-0.2, -0.15) is 0 Å². The van der Waals surface area contributed by atoms with Crippen molar-refractivity contribution in [1.29, 1.82) is 0 Å². The van der Waals surface area contributed by atoms with Gasteiger partial charge in [0, 0.05) is 12.0 Å². The van der Waals surface area contributed by atoms with Crippen LogP contribution in [0.5, 0.6) is 5.75 Å². The number of Topliss-reactive ketones (excluding diaryl/α,β-unsaturated/α-hetero) is 1. The topological polar surface area (TPSA) is 26.3 Å². The Morgan fingerprint density at radius 1 is 1.05 bits per heavy atom. The summed E-state index contributed by atoms with van der Waals surface area (Å²) in [5, 5.41) is 0. The minimum absolute atomic E-state index is 0.115. The molecule has 2 nitrogen and oxygen atoms in total. The van der Waals surface area contributed by atoms with Gasteiger partial charge in [0.2, 0.25) is 0 Å². The monoisotopic (exact) mass is 266 g/mol. The van der Waals surface area contributed by atoms with E-state index in [1.807, 2.05) is 30.3 Å². The molecular formula is C18H18O2. The molecule has 102 valence electrons. The summed E-state index contributed by atoms with van der Waals surface area (Å²) in [5.41, 5.74) is 2.94. The Hall–Kier alpha value is -2.35. The van der Waals surface area contributed by atoms with Crippen LogP contribution in [0.2, 0.25) is 0 Å². The third kappa shape index (κ3) is 3.58. The quantitative estimate of drug-likeness (QED) is 0.586. The van der Waals surface area contributed by atoms with Gasteiger partial charge in [0.25, 0.3) is 0 Å². The highest BCUT2D eigenvalue weighted by molar-refractivity contribution is 5.97. The van der Waals surface area contributed by atoms with E-state index in [2.05, 4.69) is 6.58 Å². The van der Waals surface area contributed by atoms with Gasteiger partial charge < -0.3 is 4.74 Å². The first-order valence-electron chi connectivity index (χ1n) is 6.59. The van der Waals surface area contributed by atoms with Crippen LogP contribution in [0.25, 0.3) is 0 Å². The zero-order valence-corrected chi connectivity index (χ0v) is 11.6. The van der Waals surface area contributed by atoms with Crippen molar-refractivity contribution in [1.82, 2.24) is 0 Å². The van der Waals surface area contributed by atoms with Crippen LogP contribution in [0.1, 0.15) is 21.5 Å². The molecule has 20 heavy (non-hydrogen) atoms. The van der Waals surface area contributed by atoms with E-state index in [0.717, 1.165) is 17.7 Å². The summed E-state index contributed by atoms with van der Waals surface area (Å²) in [6.07, 6.45) is 3.14. The van der Waals surface area contributed by atoms with Crippen LogP contribution in [0.3, 0.4) is 0 Å². The number of rotatable bonds is 6. The maximum absolute atomic E-state index is 12.2. The van der Waals surface area contributed by atoms with Crippen LogP contribution in [0.4, 0.5) is 0 Å². The van der Waals surface area contributed by atoms with Crippen LogP contribution in [-0.2, 0) is 12.8 Å². The van der Waals surface area contributed by atoms with Gasteiger partial charge in [-0.05, 0) is 41.8 Å². The molecule has 0 atom stereocenters. The lowest BCUT2D eigenvalue weighted by Crippen LogP contribution is -2.03. The van der Waals surface area contributed by atoms with E-state index in [4.69, 9.17) is 4.74 Å². The minimum atomic E-state index is 0.115. The summed E-state index contributed by atoms with van der Waals surface area (Å²) in [7, 11) is 1.61. The summed E-state index contributed by atoms with van der Waals surface area (Å²) in [6, 6.07) is 15.3. The molecule has 0 N–H and O–H groups in total. The predicted octanol–water partition coefficient (Wildman–Crippen LogP) is 3.85. The fourth-order valence-electron chi connectivity index (χ4n) is 2.02. The van der Waals surface area contributed by atoms with Crippen LogP contribution in [0.15, 0.2) is 61.2 Å². The molecule has 0 aliphatic carbocycles. The molecule has 2 heteroatoms. The zero-order chi connectivity index (χ0) is 14.4. The van der Waals surface area contributed by atoms with Gasteiger partial charge in [-0.25, -0.2) is 0 Å². The zero-order valence-electron chi connectivity index (χ0n) is 11.6. The number of ether oxygens (including phenoxy) is 1. The number of ketones is 1. The van der Waals surface area contributed by atoms with Crippen LogP contribution < -0.4 is 4.74 Å². The number of carbonyl (C=O) groups excluding carboxylic acids is 1. The Morgan fingerprint density at radius 2 is 1.65 bits per heavy atom. The molecule has 2 aromatic rings. The van der Waals surface area contributed by atoms with Crippen LogP contribution >= 0.6 is 0 Å². The Kier molecular flexibility index (Phi) is 4.72. The molecule has 0 unspecified atom stereocenters. The smallest absolute Gasteiger partial charge is 0.167 e. The van der Waals surface area contributed by atoms with Gasteiger partial charge in [0.15, 0.2) is 5.78 Å². The minimum Gasteiger partial charge on any atom is -0.497 e. The number of allylic oxidation sites excluding steroid dienone is 1. The molecule has 0 saturated carbocycles. The first kappa shape index (κ1) is 14.1. The Bertz CT molecular complexity index is 580. The molecule has 0 aromatic heterocycles. The molecule has 2 aromatic carbocycles. The highest BCUT2D eigenvalue weighted by Crippen LogP contribution is 2.14. The summed E-state index contributed by atoms with van der Waals surface area (Å²) in [6.45, 7) is 3.72. The fraction of sp³-hybridized carbons (Fsp3) is 0.167. The second-order valence-corrected chi connectivity index (χ2v) is 4.64. The second kappa shape index (κ2) is 6.71. The van der Waals surface area contributed by atoms with Crippen molar-refractivity contribution in [2.75, 3.05) is 7.11 Å². The lowest BCUT2D eigenvalue weighted by molar-refractivity contribution is 0.0993. The van der Waals surface area contributed by atoms with Crippen molar-refractivity contribution in [2.24, 2.45) is 0 Å². The SMILES string of the molecule is C=CCc1ccc(CC(=O)c2ccc(OC)cc2)cc1. The number of hydrogen-bond acceptors (Lipinski definition) is 2. The van der Waals surface area contributed by atoms with Crippen molar-refractivity contribution in [3.05, 3.63) is 77.9 Å². The van der Waals surface area contributed by atoms with E-state index in [9.17, 15) is 4.79 Å². The predicted molar refractivity (Wildman–Crippen MR) is 81.4 cm³/mol. The third-order valence-electron chi connectivity index (χ3n) is 3.18. The number of hydrogen-bond donors (Lipinski definition) is 0. The molecule has 0 aliphatic rings. The number of carbonyl (C=O) groups is 1. The highest BCUT2D eigenvalue weighted by Gasteiger charge is 2.07. The first-order valence-corrected chi connectivity index (χ1v) is 6.59. The van der Waals surface area contributed by atoms with E-state index >= 15 is 0 Å². The van der Waals surface area contributed by atoms with E-state index in [1.54, 1.807) is 31.4 Å². The van der Waals surface area contributed by atoms with Gasteiger partial charge >= 0.3 is 0 Å². The standard InChI is InChI=1S/C18H18O2/c1-3-4-14-5-7-15(8-6-14)13-18(19)16-9-11-17(20-2)12-10-16/h3,5-12H,1,4,13H2,2H3. The molecule has 0 bridgehead atoms. The van der Waals surface area contributed by atoms with Gasteiger partial charge in [0.1, 0.15) is 5.75 Å². The molecule has 0 radical (unpaired) electrons. The van der Waals surface area contributed by atoms with Crippen LogP contribution in [-0.4, -0.2) is 12.9 Å². The van der Waals surface area contributed by atoms with E-state index < -0.39 is 0 Å². The fourth-order valence-corrected chi connectivity index (χ4v) is 2.02. The third-order valence-corrected chi connectivity index (χ3v) is 3.18. The van der Waals surface area contributed by atoms with Gasteiger partial charge in [0.05, 0.1) is 7.11 Å². The van der Waals surface area contributed by atoms with E-state index in [1.165, 1.54) is 5.56 Å². The van der Waals surface area contributed by atoms with Gasteiger partial charge in [-0.15, -0.1) is 6.58 Å². The average molecular weight is 266 g/mol. The lowest BCUT2D eigenvalue weighted by atomic mass is 10.0. The van der Waals surface area contributed by atoms with Gasteiger partial charge in [-0.1, -0.05) is 30.3 Å². The van der Waals surface area contributed by atoms with Crippen molar-refractivity contribution >= 4 is 5.78 Å². The molecule has 0 heterocycles. The van der Waals surface area contributed by atoms with Crippen LogP contribution in [0, 0.1) is 0 Å². The maximum atomic E-state index is 12.2. The molecule has 0 amide bonds. The van der Waals surface area contributed by atoms with E-state index in [0.29, 0.717) is 12.0 Å². The van der Waals surface area contributed by atoms with E-state index in [-0.39, 0.29) is 5.78 Å². The molecule has 0 fully saturated rings. The van der Waals surface area contributed by atoms with Crippen molar-refractivity contribution in [2.45, 2.75) is 12.8 Å². The number of methoxy groups -OCH3 is 1. The largest absolute Gasteiger partial charge is 0.497 e. The average Bonchev–Trinajstić information content (AvgIpc) is 2.49. The Morgan fingerprint density at radius 3 is 2.20 bits per heavy atom. The summed E-state index contributed by atoms with van der Waals surface area (Å²) >= 11 is 0. The molecule has 0 spiro atoms. The summed E-state index contributed by atoms with van der Waals surface area (Å²) < 4.78 is 5.08. The second-order valence-electron chi connectivity index (χ2n) is 4.64. The summed E-state index contributed by atoms with van der Waals surface area (Å²) in [4.78, 5) is 12.2.